The molecule has 0 aliphatic heterocycles. The Hall–Kier alpha value is -1.69. The predicted molar refractivity (Wildman–Crippen MR) is 94.4 cm³/mol. The summed E-state index contributed by atoms with van der Waals surface area (Å²) in [6.07, 6.45) is 0. The molecule has 0 unspecified atom stereocenters. The zero-order chi connectivity index (χ0) is 16.3. The Morgan fingerprint density at radius 1 is 1.00 bits per heavy atom. The predicted octanol–water partition coefficient (Wildman–Crippen LogP) is 4.26. The second-order valence-electron chi connectivity index (χ2n) is 5.28. The van der Waals surface area contributed by atoms with Gasteiger partial charge in [-0.1, -0.05) is 17.7 Å². The third kappa shape index (κ3) is 3.94. The SMILES string of the molecule is Cc1cc(C)c(C(=O)COC(=O)c2ccc(I)cc2)c(C)c1. The molecule has 0 aromatic heterocycles. The molecule has 0 N–H and O–H groups in total. The second-order valence-corrected chi connectivity index (χ2v) is 6.53. The van der Waals surface area contributed by atoms with E-state index in [-0.39, 0.29) is 12.4 Å². The second kappa shape index (κ2) is 7.05. The van der Waals surface area contributed by atoms with Gasteiger partial charge in [-0.25, -0.2) is 4.79 Å². The third-order valence-corrected chi connectivity index (χ3v) is 4.09. The Balaban J connectivity index is 2.07. The number of carbonyl (C=O) groups is 2. The van der Waals surface area contributed by atoms with Gasteiger partial charge in [-0.15, -0.1) is 0 Å². The standard InChI is InChI=1S/C18H17IO3/c1-11-8-12(2)17(13(3)9-11)16(20)10-22-18(21)14-4-6-15(19)7-5-14/h4-9H,10H2,1-3H3. The highest BCUT2D eigenvalue weighted by Crippen LogP contribution is 2.17. The van der Waals surface area contributed by atoms with Crippen LogP contribution in [0.4, 0.5) is 0 Å². The summed E-state index contributed by atoms with van der Waals surface area (Å²) in [6.45, 7) is 5.54. The van der Waals surface area contributed by atoms with Crippen LogP contribution in [0.15, 0.2) is 36.4 Å². The fourth-order valence-corrected chi connectivity index (χ4v) is 2.85. The van der Waals surface area contributed by atoms with Crippen molar-refractivity contribution in [3.63, 3.8) is 0 Å². The van der Waals surface area contributed by atoms with Crippen LogP contribution in [0, 0.1) is 24.3 Å². The molecule has 0 spiro atoms. The first kappa shape index (κ1) is 16.7. The lowest BCUT2D eigenvalue weighted by Gasteiger charge is -2.10. The molecule has 0 amide bonds. The fourth-order valence-electron chi connectivity index (χ4n) is 2.49. The Bertz CT molecular complexity index is 695. The average molecular weight is 408 g/mol. The van der Waals surface area contributed by atoms with Gasteiger partial charge in [-0.2, -0.15) is 0 Å². The normalized spacial score (nSPS) is 10.4. The van der Waals surface area contributed by atoms with Gasteiger partial charge in [0.1, 0.15) is 0 Å². The first-order valence-electron chi connectivity index (χ1n) is 6.92. The molecular formula is C18H17IO3. The minimum Gasteiger partial charge on any atom is -0.454 e. The maximum atomic E-state index is 12.3. The molecule has 114 valence electrons. The van der Waals surface area contributed by atoms with Crippen molar-refractivity contribution in [3.8, 4) is 0 Å². The van der Waals surface area contributed by atoms with Gasteiger partial charge in [0.25, 0.3) is 0 Å². The monoisotopic (exact) mass is 408 g/mol. The molecule has 0 fully saturated rings. The number of aryl methyl sites for hydroxylation is 3. The number of esters is 1. The molecule has 0 aliphatic rings. The van der Waals surface area contributed by atoms with Gasteiger partial charge in [0.15, 0.2) is 6.61 Å². The third-order valence-electron chi connectivity index (χ3n) is 3.37. The van der Waals surface area contributed by atoms with Crippen LogP contribution in [-0.4, -0.2) is 18.4 Å². The smallest absolute Gasteiger partial charge is 0.338 e. The van der Waals surface area contributed by atoms with E-state index < -0.39 is 5.97 Å². The number of Topliss-reactive ketones (excluding diaryl/α,β-unsaturated/α-hetero) is 1. The molecule has 0 bridgehead atoms. The quantitative estimate of drug-likeness (QED) is 0.432. The van der Waals surface area contributed by atoms with E-state index in [1.165, 1.54) is 0 Å². The molecule has 0 saturated carbocycles. The lowest BCUT2D eigenvalue weighted by atomic mass is 9.97. The van der Waals surface area contributed by atoms with Crippen molar-refractivity contribution >= 4 is 34.3 Å². The fraction of sp³-hybridized carbons (Fsp3) is 0.222. The van der Waals surface area contributed by atoms with Crippen molar-refractivity contribution in [1.82, 2.24) is 0 Å². The molecule has 0 radical (unpaired) electrons. The highest BCUT2D eigenvalue weighted by atomic mass is 127. The van der Waals surface area contributed by atoms with Crippen molar-refractivity contribution in [2.45, 2.75) is 20.8 Å². The molecule has 0 aliphatic carbocycles. The van der Waals surface area contributed by atoms with Crippen LogP contribution in [0.1, 0.15) is 37.4 Å². The van der Waals surface area contributed by atoms with Crippen molar-refractivity contribution in [2.75, 3.05) is 6.61 Å². The topological polar surface area (TPSA) is 43.4 Å². The Morgan fingerprint density at radius 2 is 1.55 bits per heavy atom. The zero-order valence-electron chi connectivity index (χ0n) is 12.8. The Labute approximate surface area is 143 Å². The van der Waals surface area contributed by atoms with Crippen LogP contribution in [0.2, 0.25) is 0 Å². The number of hydrogen-bond donors (Lipinski definition) is 0. The number of hydrogen-bond acceptors (Lipinski definition) is 3. The van der Waals surface area contributed by atoms with Crippen LogP contribution in [0.3, 0.4) is 0 Å². The van der Waals surface area contributed by atoms with Gasteiger partial charge in [-0.05, 0) is 78.8 Å². The minimum atomic E-state index is -0.479. The molecule has 3 nitrogen and oxygen atoms in total. The Morgan fingerprint density at radius 3 is 2.09 bits per heavy atom. The summed E-state index contributed by atoms with van der Waals surface area (Å²) in [5, 5.41) is 0. The summed E-state index contributed by atoms with van der Waals surface area (Å²) in [6, 6.07) is 11.0. The molecule has 4 heteroatoms. The van der Waals surface area contributed by atoms with E-state index in [1.807, 2.05) is 45.0 Å². The average Bonchev–Trinajstić information content (AvgIpc) is 2.44. The Kier molecular flexibility index (Phi) is 5.34. The summed E-state index contributed by atoms with van der Waals surface area (Å²) >= 11 is 2.16. The van der Waals surface area contributed by atoms with E-state index in [1.54, 1.807) is 12.1 Å². The van der Waals surface area contributed by atoms with Crippen molar-refractivity contribution < 1.29 is 14.3 Å². The number of carbonyl (C=O) groups excluding carboxylic acids is 2. The van der Waals surface area contributed by atoms with Gasteiger partial charge in [0.2, 0.25) is 5.78 Å². The van der Waals surface area contributed by atoms with Crippen molar-refractivity contribution in [2.24, 2.45) is 0 Å². The van der Waals surface area contributed by atoms with E-state index in [4.69, 9.17) is 4.74 Å². The molecule has 0 heterocycles. The maximum absolute atomic E-state index is 12.3. The van der Waals surface area contributed by atoms with Crippen LogP contribution < -0.4 is 0 Å². The van der Waals surface area contributed by atoms with E-state index >= 15 is 0 Å². The van der Waals surface area contributed by atoms with Crippen LogP contribution in [-0.2, 0) is 4.74 Å². The van der Waals surface area contributed by atoms with Gasteiger partial charge < -0.3 is 4.74 Å². The van der Waals surface area contributed by atoms with E-state index in [9.17, 15) is 9.59 Å². The lowest BCUT2D eigenvalue weighted by Crippen LogP contribution is -2.16. The summed E-state index contributed by atoms with van der Waals surface area (Å²) in [5.74, 6) is -0.652. The first-order chi connectivity index (χ1) is 10.4. The van der Waals surface area contributed by atoms with E-state index in [0.29, 0.717) is 11.1 Å². The summed E-state index contributed by atoms with van der Waals surface area (Å²) in [5.41, 5.74) is 4.02. The minimum absolute atomic E-state index is 0.172. The first-order valence-corrected chi connectivity index (χ1v) is 8.00. The van der Waals surface area contributed by atoms with Crippen LogP contribution >= 0.6 is 22.6 Å². The highest BCUT2D eigenvalue weighted by molar-refractivity contribution is 14.1. The van der Waals surface area contributed by atoms with E-state index in [0.717, 1.165) is 20.3 Å². The van der Waals surface area contributed by atoms with E-state index in [2.05, 4.69) is 22.6 Å². The zero-order valence-corrected chi connectivity index (χ0v) is 14.9. The molecule has 2 rings (SSSR count). The van der Waals surface area contributed by atoms with Crippen LogP contribution in [0.25, 0.3) is 0 Å². The van der Waals surface area contributed by atoms with Crippen molar-refractivity contribution in [3.05, 3.63) is 67.8 Å². The molecular weight excluding hydrogens is 391 g/mol. The van der Waals surface area contributed by atoms with Gasteiger partial charge >= 0.3 is 5.97 Å². The molecule has 0 atom stereocenters. The number of benzene rings is 2. The number of halogens is 1. The number of ether oxygens (including phenoxy) is 1. The molecule has 2 aromatic rings. The van der Waals surface area contributed by atoms with Gasteiger partial charge in [0, 0.05) is 9.13 Å². The molecule has 2 aromatic carbocycles. The molecule has 0 saturated heterocycles. The maximum Gasteiger partial charge on any atom is 0.338 e. The van der Waals surface area contributed by atoms with Gasteiger partial charge in [-0.3, -0.25) is 4.79 Å². The summed E-state index contributed by atoms with van der Waals surface area (Å²) in [7, 11) is 0. The van der Waals surface area contributed by atoms with Crippen molar-refractivity contribution in [1.29, 1.82) is 0 Å². The van der Waals surface area contributed by atoms with Gasteiger partial charge in [0.05, 0.1) is 5.56 Å². The largest absolute Gasteiger partial charge is 0.454 e. The van der Waals surface area contributed by atoms with Crippen LogP contribution in [0.5, 0.6) is 0 Å². The highest BCUT2D eigenvalue weighted by Gasteiger charge is 2.15. The number of ketones is 1. The summed E-state index contributed by atoms with van der Waals surface area (Å²) in [4.78, 5) is 24.2. The summed E-state index contributed by atoms with van der Waals surface area (Å²) < 4.78 is 6.17. The number of rotatable bonds is 4. The molecule has 22 heavy (non-hydrogen) atoms. The lowest BCUT2D eigenvalue weighted by molar-refractivity contribution is 0.0474.